The van der Waals surface area contributed by atoms with Gasteiger partial charge in [-0.05, 0) is 124 Å². The summed E-state index contributed by atoms with van der Waals surface area (Å²) in [6.45, 7) is 12.0. The standard InChI is InChI=1S/C21H25F3O8.C21H25F3O7.C17H21F3O7/c1-11(2)15(25)29-4-5-30-17(27)19(3,21(22,23)24)32-18(28)20-8-12-6-13(9-20)16(26)31-14(7-12)10-20;1-11(2)16(26)29-4-5-30-17(27)19(3,21(22,23)24)31-18(28)20-8-12-6-13(9-20)15(25)14(7-12)10-20;1-10(2)13(22)25-8-9-26-15(24)16(3,17(18,19)20)27-14(23)11-4-6-12(21)7-5-11/h12-14H,1,4-10H2,2-3H3;12-14H,1,4-10H2,2-3H3;11H,1,4-9H2,2-3H3. The van der Waals surface area contributed by atoms with Crippen LogP contribution in [0, 0.1) is 46.3 Å². The first-order chi connectivity index (χ1) is 41.4. The third-order valence-corrected chi connectivity index (χ3v) is 16.9. The van der Waals surface area contributed by atoms with Gasteiger partial charge in [-0.1, -0.05) is 19.7 Å². The highest BCUT2D eigenvalue weighted by Crippen LogP contribution is 2.60. The Kier molecular flexibility index (Phi) is 23.2. The van der Waals surface area contributed by atoms with E-state index in [0.717, 1.165) is 0 Å². The maximum atomic E-state index is 13.8. The van der Waals surface area contributed by atoms with Gasteiger partial charge in [-0.15, -0.1) is 0 Å². The van der Waals surface area contributed by atoms with E-state index in [1.165, 1.54) is 20.8 Å². The van der Waals surface area contributed by atoms with Crippen LogP contribution in [0.1, 0.15) is 131 Å². The Bertz CT molecular complexity index is 2850. The van der Waals surface area contributed by atoms with Crippen LogP contribution in [0.25, 0.3) is 0 Å². The summed E-state index contributed by atoms with van der Waals surface area (Å²) in [5, 5.41) is 0. The third-order valence-electron chi connectivity index (χ3n) is 16.9. The van der Waals surface area contributed by atoms with Gasteiger partial charge in [0, 0.05) is 47.8 Å². The van der Waals surface area contributed by atoms with Gasteiger partial charge in [0.2, 0.25) is 0 Å². The van der Waals surface area contributed by atoms with Crippen molar-refractivity contribution in [3.8, 4) is 0 Å². The predicted octanol–water partition coefficient (Wildman–Crippen LogP) is 7.82. The van der Waals surface area contributed by atoms with Crippen molar-refractivity contribution >= 4 is 71.3 Å². The zero-order chi connectivity index (χ0) is 67.9. The van der Waals surface area contributed by atoms with E-state index in [-0.39, 0.29) is 110 Å². The van der Waals surface area contributed by atoms with Gasteiger partial charge in [-0.3, -0.25) is 28.8 Å². The van der Waals surface area contributed by atoms with E-state index in [1.54, 1.807) is 0 Å². The number of esters is 10. The summed E-state index contributed by atoms with van der Waals surface area (Å²) >= 11 is 0. The summed E-state index contributed by atoms with van der Waals surface area (Å²) < 4.78 is 170. The Morgan fingerprint density at radius 2 is 0.789 bits per heavy atom. The van der Waals surface area contributed by atoms with Crippen LogP contribution in [0.5, 0.6) is 0 Å². The molecule has 0 spiro atoms. The summed E-state index contributed by atoms with van der Waals surface area (Å²) in [5.74, 6) is -13.9. The molecule has 7 saturated carbocycles. The number of halogens is 9. The molecule has 2 saturated heterocycles. The van der Waals surface area contributed by atoms with E-state index >= 15 is 0 Å². The largest absolute Gasteiger partial charge is 0.462 e. The summed E-state index contributed by atoms with van der Waals surface area (Å²) in [6.07, 6.45) is -12.6. The van der Waals surface area contributed by atoms with Crippen LogP contribution in [0.2, 0.25) is 0 Å². The SMILES string of the molecule is C=C(C)C(=O)OCCOC(=O)C(C)(OC(=O)C12CC3CC(C1)C(=O)C(C3)C2)C(F)(F)F.C=C(C)C(=O)OCCOC(=O)C(C)(OC(=O)C12CC3CC(C1)OC(=O)C(C3)C2)C(F)(F)F.C=C(C)C(=O)OCCOC(=O)C(C)(OC(=O)C1CCC(=O)CC1)C(F)(F)F. The zero-order valence-electron chi connectivity index (χ0n) is 50.2. The number of alkyl halides is 9. The van der Waals surface area contributed by atoms with Crippen LogP contribution >= 0.6 is 0 Å². The molecule has 9 fully saturated rings. The monoisotopic (exact) mass is 1300 g/mol. The second kappa shape index (κ2) is 28.4. The first-order valence-corrected chi connectivity index (χ1v) is 28.6. The number of carbonyl (C=O) groups is 12. The Morgan fingerprint density at radius 1 is 0.467 bits per heavy atom. The lowest BCUT2D eigenvalue weighted by atomic mass is 9.49. The fourth-order valence-corrected chi connectivity index (χ4v) is 12.0. The molecular formula is C59H71F9O22. The van der Waals surface area contributed by atoms with Crippen LogP contribution in [0.4, 0.5) is 39.5 Å². The van der Waals surface area contributed by atoms with Gasteiger partial charge >= 0.3 is 78.2 Å². The first kappa shape index (κ1) is 73.4. The van der Waals surface area contributed by atoms with Crippen molar-refractivity contribution in [1.82, 2.24) is 0 Å². The van der Waals surface area contributed by atoms with Gasteiger partial charge in [0.15, 0.2) is 0 Å². The minimum Gasteiger partial charge on any atom is -0.462 e. The van der Waals surface area contributed by atoms with Crippen molar-refractivity contribution in [1.29, 1.82) is 0 Å². The van der Waals surface area contributed by atoms with Crippen molar-refractivity contribution in [3.05, 3.63) is 36.5 Å². The molecule has 2 aliphatic heterocycles. The topological polar surface area (TPSA) is 297 Å². The summed E-state index contributed by atoms with van der Waals surface area (Å²) in [6, 6.07) is 0. The number of carbonyl (C=O) groups excluding carboxylic acids is 12. The molecule has 0 amide bonds. The number of fused-ring (bicyclic) bond motifs is 1. The Morgan fingerprint density at radius 3 is 1.16 bits per heavy atom. The molecule has 31 heteroatoms. The maximum Gasteiger partial charge on any atom is 0.439 e. The van der Waals surface area contributed by atoms with Crippen LogP contribution in [-0.4, -0.2) is 152 Å². The number of ketones is 2. The molecule has 9 unspecified atom stereocenters. The minimum absolute atomic E-state index is 0.0253. The summed E-state index contributed by atoms with van der Waals surface area (Å²) in [7, 11) is 0. The van der Waals surface area contributed by atoms with Gasteiger partial charge in [0.1, 0.15) is 57.3 Å². The molecule has 7 aliphatic carbocycles. The molecule has 9 aliphatic rings. The second-order valence-electron chi connectivity index (χ2n) is 24.3. The molecule has 9 atom stereocenters. The van der Waals surface area contributed by atoms with Crippen molar-refractivity contribution in [3.63, 3.8) is 0 Å². The van der Waals surface area contributed by atoms with E-state index in [9.17, 15) is 97.0 Å². The molecule has 8 bridgehead atoms. The van der Waals surface area contributed by atoms with Gasteiger partial charge in [-0.2, -0.15) is 39.5 Å². The van der Waals surface area contributed by atoms with Crippen LogP contribution in [0.15, 0.2) is 36.5 Å². The lowest BCUT2D eigenvalue weighted by molar-refractivity contribution is -0.271. The van der Waals surface area contributed by atoms with E-state index in [2.05, 4.69) is 52.9 Å². The molecule has 2 heterocycles. The van der Waals surface area contributed by atoms with Crippen molar-refractivity contribution in [2.75, 3.05) is 39.6 Å². The average Bonchev–Trinajstić information content (AvgIpc) is 0.896. The van der Waals surface area contributed by atoms with Gasteiger partial charge < -0.3 is 47.4 Å². The summed E-state index contributed by atoms with van der Waals surface area (Å²) in [4.78, 5) is 144. The quantitative estimate of drug-likeness (QED) is 0.0348. The fraction of sp³-hybridized carbons (Fsp3) is 0.695. The van der Waals surface area contributed by atoms with Crippen molar-refractivity contribution in [2.45, 2.75) is 173 Å². The highest BCUT2D eigenvalue weighted by Gasteiger charge is 2.68. The van der Waals surface area contributed by atoms with E-state index in [4.69, 9.17) is 14.2 Å². The third kappa shape index (κ3) is 17.0. The molecule has 9 rings (SSSR count). The number of hydrogen-bond acceptors (Lipinski definition) is 22. The lowest BCUT2D eigenvalue weighted by Crippen LogP contribution is -2.59. The smallest absolute Gasteiger partial charge is 0.439 e. The zero-order valence-corrected chi connectivity index (χ0v) is 50.2. The van der Waals surface area contributed by atoms with Gasteiger partial charge in [0.05, 0.1) is 22.7 Å². The van der Waals surface area contributed by atoms with E-state index < -0.39 is 163 Å². The molecule has 0 aromatic rings. The van der Waals surface area contributed by atoms with Crippen molar-refractivity contribution in [2.24, 2.45) is 46.3 Å². The molecule has 22 nitrogen and oxygen atoms in total. The molecule has 0 radical (unpaired) electrons. The van der Waals surface area contributed by atoms with Crippen LogP contribution in [-0.2, 0) is 105 Å². The minimum atomic E-state index is -5.27. The lowest BCUT2D eigenvalue weighted by Gasteiger charge is -2.54. The van der Waals surface area contributed by atoms with Crippen LogP contribution in [0.3, 0.4) is 0 Å². The molecule has 502 valence electrons. The second-order valence-corrected chi connectivity index (χ2v) is 24.3. The van der Waals surface area contributed by atoms with E-state index in [1.807, 2.05) is 0 Å². The highest BCUT2D eigenvalue weighted by atomic mass is 19.4. The molecule has 90 heavy (non-hydrogen) atoms. The number of Topliss-reactive ketones (excluding diaryl/α,β-unsaturated/α-hetero) is 2. The van der Waals surface area contributed by atoms with Gasteiger partial charge in [-0.25, -0.2) is 28.8 Å². The number of rotatable bonds is 21. The molecule has 0 N–H and O–H groups in total. The molecule has 0 aromatic carbocycles. The fourth-order valence-electron chi connectivity index (χ4n) is 12.0. The van der Waals surface area contributed by atoms with Crippen molar-refractivity contribution < 1.29 is 144 Å². The van der Waals surface area contributed by atoms with Crippen LogP contribution < -0.4 is 0 Å². The molecule has 0 aromatic heterocycles. The molecular weight excluding hydrogens is 1230 g/mol. The highest BCUT2D eigenvalue weighted by molar-refractivity contribution is 5.92. The van der Waals surface area contributed by atoms with Gasteiger partial charge in [0.25, 0.3) is 16.8 Å². The maximum absolute atomic E-state index is 13.8. The Balaban J connectivity index is 0.000000247. The average molecular weight is 1300 g/mol. The number of ether oxygens (including phenoxy) is 10. The Labute approximate surface area is 509 Å². The number of hydrogen-bond donors (Lipinski definition) is 0. The normalized spacial score (nSPS) is 26.8. The Hall–Kier alpha value is -7.37. The van der Waals surface area contributed by atoms with E-state index in [0.29, 0.717) is 52.9 Å². The first-order valence-electron chi connectivity index (χ1n) is 28.6. The predicted molar refractivity (Wildman–Crippen MR) is 282 cm³/mol. The summed E-state index contributed by atoms with van der Waals surface area (Å²) in [5.41, 5.74) is -12.9.